The lowest BCUT2D eigenvalue weighted by molar-refractivity contribution is 0.0993. The van der Waals surface area contributed by atoms with E-state index < -0.39 is 0 Å². The molecule has 0 aliphatic heterocycles. The molecule has 0 bridgehead atoms. The number of aryl methyl sites for hydroxylation is 1. The Kier molecular flexibility index (Phi) is 5.16. The number of thioether (sulfide) groups is 1. The third-order valence-electron chi connectivity index (χ3n) is 3.46. The second-order valence-corrected chi connectivity index (χ2v) is 7.58. The Labute approximate surface area is 152 Å². The van der Waals surface area contributed by atoms with Crippen LogP contribution in [0.15, 0.2) is 62.6 Å². The zero-order valence-corrected chi connectivity index (χ0v) is 15.6. The number of nitrogens with zero attached hydrogens (tertiary/aromatic N) is 2. The maximum absolute atomic E-state index is 12.5. The highest BCUT2D eigenvalue weighted by Crippen LogP contribution is 2.28. The highest BCUT2D eigenvalue weighted by molar-refractivity contribution is 9.10. The molecule has 1 heterocycles. The van der Waals surface area contributed by atoms with Crippen LogP contribution in [0.2, 0.25) is 0 Å². The van der Waals surface area contributed by atoms with Crippen molar-refractivity contribution in [2.45, 2.75) is 24.3 Å². The predicted octanol–water partition coefficient (Wildman–Crippen LogP) is 5.17. The average Bonchev–Trinajstić information content (AvgIpc) is 3.03. The number of hydrogen-bond acceptors (Lipinski definition) is 5. The molecule has 0 aliphatic rings. The predicted molar refractivity (Wildman–Crippen MR) is 98.3 cm³/mol. The Hall–Kier alpha value is -1.92. The third-order valence-corrected chi connectivity index (χ3v) is 4.89. The minimum Gasteiger partial charge on any atom is -0.411 e. The highest BCUT2D eigenvalue weighted by Gasteiger charge is 2.20. The summed E-state index contributed by atoms with van der Waals surface area (Å²) in [6, 6.07) is 15.2. The van der Waals surface area contributed by atoms with E-state index >= 15 is 0 Å². The fourth-order valence-corrected chi connectivity index (χ4v) is 3.31. The fraction of sp³-hybridized carbons (Fsp3) is 0.167. The summed E-state index contributed by atoms with van der Waals surface area (Å²) in [6.07, 6.45) is 0. The SMILES string of the molecule is Cc1ccc(C(=O)[C@H](C)Sc2nnc(-c3cccc(Br)c3)o2)cc1. The van der Waals surface area contributed by atoms with Crippen molar-refractivity contribution in [3.05, 3.63) is 64.1 Å². The first-order valence-corrected chi connectivity index (χ1v) is 9.07. The summed E-state index contributed by atoms with van der Waals surface area (Å²) in [4.78, 5) is 12.5. The first kappa shape index (κ1) is 16.9. The second kappa shape index (κ2) is 7.32. The molecule has 0 spiro atoms. The van der Waals surface area contributed by atoms with Gasteiger partial charge in [-0.3, -0.25) is 4.79 Å². The Balaban J connectivity index is 1.72. The molecule has 6 heteroatoms. The molecule has 0 unspecified atom stereocenters. The normalized spacial score (nSPS) is 12.1. The van der Waals surface area contributed by atoms with Gasteiger partial charge in [0.25, 0.3) is 5.22 Å². The lowest BCUT2D eigenvalue weighted by Crippen LogP contribution is -2.13. The molecule has 0 radical (unpaired) electrons. The summed E-state index contributed by atoms with van der Waals surface area (Å²) in [5, 5.41) is 8.17. The quantitative estimate of drug-likeness (QED) is 0.435. The van der Waals surface area contributed by atoms with Crippen molar-refractivity contribution in [3.8, 4) is 11.5 Å². The van der Waals surface area contributed by atoms with E-state index in [4.69, 9.17) is 4.42 Å². The van der Waals surface area contributed by atoms with Gasteiger partial charge in [0.15, 0.2) is 5.78 Å². The van der Waals surface area contributed by atoms with Crippen molar-refractivity contribution < 1.29 is 9.21 Å². The van der Waals surface area contributed by atoms with Gasteiger partial charge in [-0.2, -0.15) is 0 Å². The van der Waals surface area contributed by atoms with Crippen LogP contribution in [0.3, 0.4) is 0 Å². The molecule has 24 heavy (non-hydrogen) atoms. The molecule has 0 saturated heterocycles. The lowest BCUT2D eigenvalue weighted by atomic mass is 10.1. The zero-order chi connectivity index (χ0) is 17.1. The van der Waals surface area contributed by atoms with Crippen LogP contribution < -0.4 is 0 Å². The monoisotopic (exact) mass is 402 g/mol. The van der Waals surface area contributed by atoms with Crippen molar-refractivity contribution in [1.29, 1.82) is 0 Å². The van der Waals surface area contributed by atoms with Gasteiger partial charge in [-0.15, -0.1) is 10.2 Å². The van der Waals surface area contributed by atoms with E-state index in [-0.39, 0.29) is 11.0 Å². The van der Waals surface area contributed by atoms with Crippen molar-refractivity contribution in [3.63, 3.8) is 0 Å². The number of aromatic nitrogens is 2. The van der Waals surface area contributed by atoms with Gasteiger partial charge in [0.05, 0.1) is 5.25 Å². The van der Waals surface area contributed by atoms with Crippen LogP contribution >= 0.6 is 27.7 Å². The van der Waals surface area contributed by atoms with E-state index in [1.165, 1.54) is 11.8 Å². The Morgan fingerprint density at radius 3 is 2.62 bits per heavy atom. The molecule has 122 valence electrons. The molecule has 1 atom stereocenters. The number of rotatable bonds is 5. The van der Waals surface area contributed by atoms with E-state index in [1.807, 2.05) is 62.4 Å². The first-order valence-electron chi connectivity index (χ1n) is 7.40. The molecule has 2 aromatic carbocycles. The molecule has 3 aromatic rings. The highest BCUT2D eigenvalue weighted by atomic mass is 79.9. The minimum atomic E-state index is -0.302. The standard InChI is InChI=1S/C18H15BrN2O2S/c1-11-6-8-13(9-7-11)16(22)12(2)24-18-21-20-17(23-18)14-4-3-5-15(19)10-14/h3-10,12H,1-2H3/t12-/m0/s1. The second-order valence-electron chi connectivity index (χ2n) is 5.37. The van der Waals surface area contributed by atoms with Crippen LogP contribution in [0.4, 0.5) is 0 Å². The topological polar surface area (TPSA) is 56.0 Å². The van der Waals surface area contributed by atoms with E-state index in [0.717, 1.165) is 15.6 Å². The Morgan fingerprint density at radius 2 is 1.92 bits per heavy atom. The molecule has 4 nitrogen and oxygen atoms in total. The van der Waals surface area contributed by atoms with Gasteiger partial charge in [0.2, 0.25) is 5.89 Å². The largest absolute Gasteiger partial charge is 0.411 e. The Morgan fingerprint density at radius 1 is 1.17 bits per heavy atom. The summed E-state index contributed by atoms with van der Waals surface area (Å²) in [7, 11) is 0. The van der Waals surface area contributed by atoms with Crippen molar-refractivity contribution in [2.75, 3.05) is 0 Å². The van der Waals surface area contributed by atoms with E-state index in [9.17, 15) is 4.79 Å². The van der Waals surface area contributed by atoms with E-state index in [0.29, 0.717) is 16.7 Å². The van der Waals surface area contributed by atoms with Crippen molar-refractivity contribution in [2.24, 2.45) is 0 Å². The molecule has 0 aliphatic carbocycles. The van der Waals surface area contributed by atoms with Crippen LogP contribution in [0.1, 0.15) is 22.8 Å². The van der Waals surface area contributed by atoms with Gasteiger partial charge in [-0.1, -0.05) is 63.6 Å². The lowest BCUT2D eigenvalue weighted by Gasteiger charge is -2.07. The molecule has 0 N–H and O–H groups in total. The van der Waals surface area contributed by atoms with Crippen LogP contribution in [0.25, 0.3) is 11.5 Å². The van der Waals surface area contributed by atoms with Crippen LogP contribution in [-0.2, 0) is 0 Å². The summed E-state index contributed by atoms with van der Waals surface area (Å²) < 4.78 is 6.61. The van der Waals surface area contributed by atoms with E-state index in [1.54, 1.807) is 0 Å². The van der Waals surface area contributed by atoms with Gasteiger partial charge in [-0.05, 0) is 32.0 Å². The van der Waals surface area contributed by atoms with Crippen LogP contribution in [-0.4, -0.2) is 21.2 Å². The number of benzene rings is 2. The molecular weight excluding hydrogens is 388 g/mol. The molecule has 1 aromatic heterocycles. The van der Waals surface area contributed by atoms with Crippen molar-refractivity contribution in [1.82, 2.24) is 10.2 Å². The van der Waals surface area contributed by atoms with Gasteiger partial charge in [0, 0.05) is 15.6 Å². The summed E-state index contributed by atoms with van der Waals surface area (Å²) >= 11 is 4.69. The third kappa shape index (κ3) is 3.94. The molecule has 0 fully saturated rings. The number of halogens is 1. The average molecular weight is 403 g/mol. The van der Waals surface area contributed by atoms with Gasteiger partial charge >= 0.3 is 0 Å². The summed E-state index contributed by atoms with van der Waals surface area (Å²) in [5.41, 5.74) is 2.65. The maximum atomic E-state index is 12.5. The smallest absolute Gasteiger partial charge is 0.277 e. The first-order chi connectivity index (χ1) is 11.5. The summed E-state index contributed by atoms with van der Waals surface area (Å²) in [5.74, 6) is 0.482. The fourth-order valence-electron chi connectivity index (χ4n) is 2.15. The number of Topliss-reactive ketones (excluding diaryl/α,β-unsaturated/α-hetero) is 1. The maximum Gasteiger partial charge on any atom is 0.277 e. The Bertz CT molecular complexity index is 861. The molecule has 3 rings (SSSR count). The van der Waals surface area contributed by atoms with Crippen LogP contribution in [0, 0.1) is 6.92 Å². The van der Waals surface area contributed by atoms with Crippen molar-refractivity contribution >= 4 is 33.5 Å². The minimum absolute atomic E-state index is 0.0437. The summed E-state index contributed by atoms with van der Waals surface area (Å²) in [6.45, 7) is 3.84. The van der Waals surface area contributed by atoms with Gasteiger partial charge < -0.3 is 4.42 Å². The molecule has 0 amide bonds. The van der Waals surface area contributed by atoms with Crippen LogP contribution in [0.5, 0.6) is 0 Å². The van der Waals surface area contributed by atoms with E-state index in [2.05, 4.69) is 26.1 Å². The van der Waals surface area contributed by atoms with Gasteiger partial charge in [0.1, 0.15) is 0 Å². The molecular formula is C18H15BrN2O2S. The number of hydrogen-bond donors (Lipinski definition) is 0. The zero-order valence-electron chi connectivity index (χ0n) is 13.2. The molecule has 0 saturated carbocycles. The number of ketones is 1. The number of carbonyl (C=O) groups excluding carboxylic acids is 1. The van der Waals surface area contributed by atoms with Gasteiger partial charge in [-0.25, -0.2) is 0 Å². The number of carbonyl (C=O) groups is 1.